The number of nitrogens with zero attached hydrogens (tertiary/aromatic N) is 1. The largest absolute Gasteiger partial charge is 0.315 e. The van der Waals surface area contributed by atoms with Crippen LogP contribution in [0.5, 0.6) is 0 Å². The molecule has 0 amide bonds. The summed E-state index contributed by atoms with van der Waals surface area (Å²) in [7, 11) is 0. The van der Waals surface area contributed by atoms with Crippen LogP contribution < -0.4 is 5.32 Å². The quantitative estimate of drug-likeness (QED) is 0.731. The molecule has 1 rings (SSSR count). The SMILES string of the molecule is CC1CNCCCN1CCC(C)(C)C. The van der Waals surface area contributed by atoms with Crippen LogP contribution in [0.1, 0.15) is 40.5 Å². The number of hydrogen-bond donors (Lipinski definition) is 1. The first-order chi connectivity index (χ1) is 6.49. The molecule has 1 unspecified atom stereocenters. The summed E-state index contributed by atoms with van der Waals surface area (Å²) in [5.74, 6) is 0. The zero-order valence-corrected chi connectivity index (χ0v) is 10.3. The van der Waals surface area contributed by atoms with Crippen molar-refractivity contribution in [1.29, 1.82) is 0 Å². The topological polar surface area (TPSA) is 15.3 Å². The molecule has 0 radical (unpaired) electrons. The van der Waals surface area contributed by atoms with Gasteiger partial charge in [-0.25, -0.2) is 0 Å². The highest BCUT2D eigenvalue weighted by Gasteiger charge is 2.18. The third kappa shape index (κ3) is 4.43. The zero-order chi connectivity index (χ0) is 10.6. The van der Waals surface area contributed by atoms with Gasteiger partial charge in [-0.3, -0.25) is 4.90 Å². The van der Waals surface area contributed by atoms with Crippen molar-refractivity contribution < 1.29 is 0 Å². The molecule has 1 N–H and O–H groups in total. The van der Waals surface area contributed by atoms with E-state index in [-0.39, 0.29) is 0 Å². The molecule has 2 heteroatoms. The zero-order valence-electron chi connectivity index (χ0n) is 10.3. The summed E-state index contributed by atoms with van der Waals surface area (Å²) in [4.78, 5) is 2.63. The van der Waals surface area contributed by atoms with Crippen LogP contribution in [0.15, 0.2) is 0 Å². The highest BCUT2D eigenvalue weighted by molar-refractivity contribution is 4.75. The van der Waals surface area contributed by atoms with Crippen LogP contribution in [-0.4, -0.2) is 37.1 Å². The third-order valence-corrected chi connectivity index (χ3v) is 3.01. The Morgan fingerprint density at radius 1 is 1.36 bits per heavy atom. The number of hydrogen-bond acceptors (Lipinski definition) is 2. The van der Waals surface area contributed by atoms with E-state index in [2.05, 4.69) is 37.9 Å². The van der Waals surface area contributed by atoms with Crippen molar-refractivity contribution in [2.75, 3.05) is 26.2 Å². The van der Waals surface area contributed by atoms with E-state index in [1.54, 1.807) is 0 Å². The van der Waals surface area contributed by atoms with Crippen LogP contribution >= 0.6 is 0 Å². The van der Waals surface area contributed by atoms with Gasteiger partial charge in [0.15, 0.2) is 0 Å². The molecule has 0 aromatic carbocycles. The van der Waals surface area contributed by atoms with Crippen molar-refractivity contribution in [3.63, 3.8) is 0 Å². The maximum absolute atomic E-state index is 3.48. The lowest BCUT2D eigenvalue weighted by molar-refractivity contribution is 0.190. The molecule has 0 aromatic rings. The molecule has 0 aromatic heterocycles. The van der Waals surface area contributed by atoms with Crippen LogP contribution in [0, 0.1) is 5.41 Å². The summed E-state index contributed by atoms with van der Waals surface area (Å²) < 4.78 is 0. The van der Waals surface area contributed by atoms with Crippen LogP contribution in [0.25, 0.3) is 0 Å². The lowest BCUT2D eigenvalue weighted by Crippen LogP contribution is -2.38. The highest BCUT2D eigenvalue weighted by Crippen LogP contribution is 2.19. The maximum atomic E-state index is 3.48. The lowest BCUT2D eigenvalue weighted by atomic mass is 9.92. The van der Waals surface area contributed by atoms with Crippen molar-refractivity contribution in [1.82, 2.24) is 10.2 Å². The summed E-state index contributed by atoms with van der Waals surface area (Å²) in [6.45, 7) is 14.2. The molecule has 0 aliphatic carbocycles. The van der Waals surface area contributed by atoms with Crippen LogP contribution in [0.4, 0.5) is 0 Å². The maximum Gasteiger partial charge on any atom is 0.0192 e. The molecule has 0 saturated carbocycles. The molecule has 1 heterocycles. The van der Waals surface area contributed by atoms with Gasteiger partial charge in [0, 0.05) is 12.6 Å². The van der Waals surface area contributed by atoms with E-state index < -0.39 is 0 Å². The Labute approximate surface area is 89.1 Å². The summed E-state index contributed by atoms with van der Waals surface area (Å²) >= 11 is 0. The average molecular weight is 198 g/mol. The molecule has 14 heavy (non-hydrogen) atoms. The van der Waals surface area contributed by atoms with Gasteiger partial charge in [0.2, 0.25) is 0 Å². The second-order valence-corrected chi connectivity index (χ2v) is 5.75. The minimum atomic E-state index is 0.472. The summed E-state index contributed by atoms with van der Waals surface area (Å²) in [6, 6.07) is 0.708. The molecular formula is C12H26N2. The standard InChI is InChI=1S/C12H26N2/c1-11-10-13-7-5-8-14(11)9-6-12(2,3)4/h11,13H,5-10H2,1-4H3. The number of rotatable bonds is 2. The second-order valence-electron chi connectivity index (χ2n) is 5.75. The van der Waals surface area contributed by atoms with Crippen LogP contribution in [0.3, 0.4) is 0 Å². The Hall–Kier alpha value is -0.0800. The first-order valence-corrected chi connectivity index (χ1v) is 5.94. The van der Waals surface area contributed by atoms with Gasteiger partial charge < -0.3 is 5.32 Å². The lowest BCUT2D eigenvalue weighted by Gasteiger charge is -2.29. The minimum Gasteiger partial charge on any atom is -0.315 e. The molecule has 1 aliphatic rings. The summed E-state index contributed by atoms with van der Waals surface area (Å²) in [5.41, 5.74) is 0.472. The van der Waals surface area contributed by atoms with Gasteiger partial charge >= 0.3 is 0 Å². The van der Waals surface area contributed by atoms with Gasteiger partial charge in [0.25, 0.3) is 0 Å². The van der Waals surface area contributed by atoms with E-state index in [1.165, 1.54) is 32.5 Å². The minimum absolute atomic E-state index is 0.472. The smallest absolute Gasteiger partial charge is 0.0192 e. The fourth-order valence-electron chi connectivity index (χ4n) is 1.88. The number of nitrogens with one attached hydrogen (secondary N) is 1. The molecular weight excluding hydrogens is 172 g/mol. The molecule has 1 atom stereocenters. The third-order valence-electron chi connectivity index (χ3n) is 3.01. The van der Waals surface area contributed by atoms with Crippen molar-refractivity contribution in [3.8, 4) is 0 Å². The molecule has 1 fully saturated rings. The van der Waals surface area contributed by atoms with Crippen LogP contribution in [-0.2, 0) is 0 Å². The first kappa shape index (κ1) is 12.0. The predicted octanol–water partition coefficient (Wildman–Crippen LogP) is 2.11. The van der Waals surface area contributed by atoms with Gasteiger partial charge in [0.1, 0.15) is 0 Å². The second kappa shape index (κ2) is 5.13. The molecule has 84 valence electrons. The molecule has 1 saturated heterocycles. The Bertz CT molecular complexity index is 160. The van der Waals surface area contributed by atoms with E-state index in [1.807, 2.05) is 0 Å². The Morgan fingerprint density at radius 2 is 2.07 bits per heavy atom. The van der Waals surface area contributed by atoms with E-state index in [0.29, 0.717) is 11.5 Å². The Kier molecular flexibility index (Phi) is 4.39. The summed E-state index contributed by atoms with van der Waals surface area (Å²) in [6.07, 6.45) is 2.60. The van der Waals surface area contributed by atoms with Crippen molar-refractivity contribution in [3.05, 3.63) is 0 Å². The van der Waals surface area contributed by atoms with Gasteiger partial charge in [-0.05, 0) is 44.8 Å². The van der Waals surface area contributed by atoms with Gasteiger partial charge in [-0.15, -0.1) is 0 Å². The highest BCUT2D eigenvalue weighted by atomic mass is 15.2. The van der Waals surface area contributed by atoms with Gasteiger partial charge in [0.05, 0.1) is 0 Å². The first-order valence-electron chi connectivity index (χ1n) is 5.94. The van der Waals surface area contributed by atoms with E-state index in [4.69, 9.17) is 0 Å². The van der Waals surface area contributed by atoms with E-state index in [9.17, 15) is 0 Å². The fourth-order valence-corrected chi connectivity index (χ4v) is 1.88. The molecule has 2 nitrogen and oxygen atoms in total. The average Bonchev–Trinajstić information content (AvgIpc) is 2.25. The Morgan fingerprint density at radius 3 is 2.71 bits per heavy atom. The summed E-state index contributed by atoms with van der Waals surface area (Å²) in [5, 5.41) is 3.48. The van der Waals surface area contributed by atoms with E-state index >= 15 is 0 Å². The van der Waals surface area contributed by atoms with E-state index in [0.717, 1.165) is 6.54 Å². The van der Waals surface area contributed by atoms with Crippen molar-refractivity contribution >= 4 is 0 Å². The normalized spacial score (nSPS) is 26.1. The Balaban J connectivity index is 2.33. The van der Waals surface area contributed by atoms with Gasteiger partial charge in [-0.1, -0.05) is 20.8 Å². The molecule has 1 aliphatic heterocycles. The monoisotopic (exact) mass is 198 g/mol. The fraction of sp³-hybridized carbons (Fsp3) is 1.00. The van der Waals surface area contributed by atoms with Crippen LogP contribution in [0.2, 0.25) is 0 Å². The molecule has 0 spiro atoms. The predicted molar refractivity (Wildman–Crippen MR) is 62.6 cm³/mol. The molecule has 0 bridgehead atoms. The van der Waals surface area contributed by atoms with Crippen molar-refractivity contribution in [2.24, 2.45) is 5.41 Å². The van der Waals surface area contributed by atoms with Crippen molar-refractivity contribution in [2.45, 2.75) is 46.6 Å². The van der Waals surface area contributed by atoms with Gasteiger partial charge in [-0.2, -0.15) is 0 Å².